The van der Waals surface area contributed by atoms with Crippen LogP contribution in [0.4, 0.5) is 8.78 Å². The van der Waals surface area contributed by atoms with Crippen molar-refractivity contribution in [1.82, 2.24) is 10.3 Å². The van der Waals surface area contributed by atoms with Crippen LogP contribution in [0.5, 0.6) is 5.75 Å². The quantitative estimate of drug-likeness (QED) is 0.803. The Morgan fingerprint density at radius 3 is 2.52 bits per heavy atom. The van der Waals surface area contributed by atoms with E-state index in [0.717, 1.165) is 0 Å². The second kappa shape index (κ2) is 8.18. The van der Waals surface area contributed by atoms with Gasteiger partial charge in [-0.3, -0.25) is 14.6 Å². The molecule has 1 aromatic carbocycles. The fourth-order valence-corrected chi connectivity index (χ4v) is 2.29. The Balaban J connectivity index is 2.19. The average molecular weight is 349 g/mol. The maximum atomic E-state index is 12.5. The molecule has 1 aromatic heterocycles. The molecule has 3 N–H and O–H groups in total. The average Bonchev–Trinajstić information content (AvgIpc) is 2.59. The number of carbonyl (C=O) groups is 2. The highest BCUT2D eigenvalue weighted by Gasteiger charge is 2.19. The molecular formula is C17H17F2N3O3. The highest BCUT2D eigenvalue weighted by Crippen LogP contribution is 2.28. The second-order valence-electron chi connectivity index (χ2n) is 5.15. The Morgan fingerprint density at radius 1 is 1.24 bits per heavy atom. The van der Waals surface area contributed by atoms with Gasteiger partial charge in [0.15, 0.2) is 0 Å². The van der Waals surface area contributed by atoms with E-state index in [1.165, 1.54) is 24.4 Å². The van der Waals surface area contributed by atoms with E-state index in [4.69, 9.17) is 5.73 Å². The zero-order valence-corrected chi connectivity index (χ0v) is 13.4. The van der Waals surface area contributed by atoms with E-state index in [2.05, 4.69) is 15.0 Å². The van der Waals surface area contributed by atoms with Crippen molar-refractivity contribution in [3.8, 4) is 5.75 Å². The largest absolute Gasteiger partial charge is 0.434 e. The molecule has 0 saturated carbocycles. The molecule has 0 saturated heterocycles. The molecule has 8 heteroatoms. The van der Waals surface area contributed by atoms with Crippen molar-refractivity contribution in [2.75, 3.05) is 0 Å². The van der Waals surface area contributed by atoms with E-state index >= 15 is 0 Å². The summed E-state index contributed by atoms with van der Waals surface area (Å²) in [6.45, 7) is -1.15. The molecule has 1 atom stereocenters. The molecule has 0 aliphatic rings. The molecule has 0 fully saturated rings. The van der Waals surface area contributed by atoms with Gasteiger partial charge in [-0.15, -0.1) is 0 Å². The number of alkyl halides is 2. The van der Waals surface area contributed by atoms with E-state index in [9.17, 15) is 18.4 Å². The fourth-order valence-electron chi connectivity index (χ4n) is 2.29. The van der Waals surface area contributed by atoms with Crippen molar-refractivity contribution in [3.05, 3.63) is 59.4 Å². The summed E-state index contributed by atoms with van der Waals surface area (Å²) in [6, 6.07) is 8.50. The van der Waals surface area contributed by atoms with Crippen molar-refractivity contribution < 1.29 is 23.1 Å². The predicted molar refractivity (Wildman–Crippen MR) is 86.3 cm³/mol. The summed E-state index contributed by atoms with van der Waals surface area (Å²) in [4.78, 5) is 27.1. The van der Waals surface area contributed by atoms with Crippen LogP contribution in [0, 0.1) is 0 Å². The van der Waals surface area contributed by atoms with E-state index in [0.29, 0.717) is 12.0 Å². The van der Waals surface area contributed by atoms with Crippen LogP contribution >= 0.6 is 0 Å². The van der Waals surface area contributed by atoms with Gasteiger partial charge < -0.3 is 15.8 Å². The minimum absolute atomic E-state index is 0.00634. The number of amides is 2. The van der Waals surface area contributed by atoms with Crippen LogP contribution in [-0.2, 0) is 0 Å². The van der Waals surface area contributed by atoms with Crippen LogP contribution in [0.1, 0.15) is 45.8 Å². The third-order valence-corrected chi connectivity index (χ3v) is 3.50. The molecule has 25 heavy (non-hydrogen) atoms. The highest BCUT2D eigenvalue weighted by molar-refractivity contribution is 5.96. The van der Waals surface area contributed by atoms with Gasteiger partial charge in [0.1, 0.15) is 11.4 Å². The number of hydrogen-bond acceptors (Lipinski definition) is 4. The Kier molecular flexibility index (Phi) is 5.99. The fraction of sp³-hybridized carbons (Fsp3) is 0.235. The Morgan fingerprint density at radius 2 is 1.96 bits per heavy atom. The summed E-state index contributed by atoms with van der Waals surface area (Å²) in [5.41, 5.74) is 5.80. The second-order valence-corrected chi connectivity index (χ2v) is 5.15. The normalized spacial score (nSPS) is 11.8. The molecule has 0 aliphatic heterocycles. The summed E-state index contributed by atoms with van der Waals surface area (Å²) in [6.07, 6.45) is 1.69. The first-order valence-electron chi connectivity index (χ1n) is 7.52. The van der Waals surface area contributed by atoms with Gasteiger partial charge >= 0.3 is 6.61 Å². The minimum Gasteiger partial charge on any atom is -0.434 e. The van der Waals surface area contributed by atoms with E-state index < -0.39 is 24.5 Å². The maximum absolute atomic E-state index is 12.5. The molecule has 2 aromatic rings. The number of benzene rings is 1. The standard InChI is InChI=1S/C17H17F2N3O3/c1-2-12(11-5-3-4-6-14(11)25-17(18)19)22-16(24)10-7-8-13(15(20)23)21-9-10/h3-9,12,17H,2H2,1H3,(H2,20,23)(H,22,24). The number of nitrogens with one attached hydrogen (secondary N) is 1. The van der Waals surface area contributed by atoms with Gasteiger partial charge in [0.2, 0.25) is 0 Å². The number of hydrogen-bond donors (Lipinski definition) is 2. The van der Waals surface area contributed by atoms with E-state index in [1.807, 2.05) is 0 Å². The Bertz CT molecular complexity index is 751. The van der Waals surface area contributed by atoms with E-state index in [-0.39, 0.29) is 17.0 Å². The molecular weight excluding hydrogens is 332 g/mol. The summed E-state index contributed by atoms with van der Waals surface area (Å²) < 4.78 is 29.6. The SMILES string of the molecule is CCC(NC(=O)c1ccc(C(N)=O)nc1)c1ccccc1OC(F)F. The highest BCUT2D eigenvalue weighted by atomic mass is 19.3. The number of pyridine rings is 1. The van der Waals surface area contributed by atoms with E-state index in [1.54, 1.807) is 25.1 Å². The first kappa shape index (κ1) is 18.3. The number of nitrogens with zero attached hydrogens (tertiary/aromatic N) is 1. The molecule has 2 amide bonds. The van der Waals surface area contributed by atoms with Crippen molar-refractivity contribution in [1.29, 1.82) is 0 Å². The zero-order chi connectivity index (χ0) is 18.4. The van der Waals surface area contributed by atoms with Crippen molar-refractivity contribution in [2.45, 2.75) is 26.0 Å². The first-order chi connectivity index (χ1) is 11.9. The van der Waals surface area contributed by atoms with Gasteiger partial charge in [-0.25, -0.2) is 0 Å². The lowest BCUT2D eigenvalue weighted by Gasteiger charge is -2.20. The third kappa shape index (κ3) is 4.72. The van der Waals surface area contributed by atoms with Crippen molar-refractivity contribution in [3.63, 3.8) is 0 Å². The number of nitrogens with two attached hydrogens (primary N) is 1. The molecule has 0 spiro atoms. The first-order valence-corrected chi connectivity index (χ1v) is 7.52. The summed E-state index contributed by atoms with van der Waals surface area (Å²) in [5, 5.41) is 2.74. The number of rotatable bonds is 7. The Hall–Kier alpha value is -3.03. The molecule has 2 rings (SSSR count). The van der Waals surface area contributed by atoms with Gasteiger partial charge in [0.25, 0.3) is 11.8 Å². The minimum atomic E-state index is -2.96. The van der Waals surface area contributed by atoms with Crippen LogP contribution in [0.25, 0.3) is 0 Å². The molecule has 132 valence electrons. The number of para-hydroxylation sites is 1. The Labute approximate surface area is 143 Å². The lowest BCUT2D eigenvalue weighted by molar-refractivity contribution is -0.0507. The summed E-state index contributed by atoms with van der Waals surface area (Å²) in [7, 11) is 0. The topological polar surface area (TPSA) is 94.3 Å². The number of primary amides is 1. The summed E-state index contributed by atoms with van der Waals surface area (Å²) in [5.74, 6) is -1.15. The zero-order valence-electron chi connectivity index (χ0n) is 13.4. The van der Waals surface area contributed by atoms with Crippen molar-refractivity contribution >= 4 is 11.8 Å². The third-order valence-electron chi connectivity index (χ3n) is 3.50. The molecule has 0 bridgehead atoms. The van der Waals surface area contributed by atoms with Gasteiger partial charge in [-0.1, -0.05) is 25.1 Å². The van der Waals surface area contributed by atoms with Crippen LogP contribution in [0.15, 0.2) is 42.6 Å². The number of aromatic nitrogens is 1. The molecule has 0 radical (unpaired) electrons. The number of carbonyl (C=O) groups excluding carboxylic acids is 2. The van der Waals surface area contributed by atoms with Crippen LogP contribution in [0.2, 0.25) is 0 Å². The van der Waals surface area contributed by atoms with Gasteiger partial charge in [-0.2, -0.15) is 8.78 Å². The molecule has 0 aliphatic carbocycles. The number of halogens is 2. The smallest absolute Gasteiger partial charge is 0.387 e. The monoisotopic (exact) mass is 349 g/mol. The number of ether oxygens (including phenoxy) is 1. The maximum Gasteiger partial charge on any atom is 0.387 e. The van der Waals surface area contributed by atoms with Gasteiger partial charge in [0.05, 0.1) is 11.6 Å². The lowest BCUT2D eigenvalue weighted by Crippen LogP contribution is -2.29. The van der Waals surface area contributed by atoms with Crippen LogP contribution < -0.4 is 15.8 Å². The van der Waals surface area contributed by atoms with Gasteiger partial charge in [-0.05, 0) is 24.6 Å². The lowest BCUT2D eigenvalue weighted by atomic mass is 10.0. The summed E-state index contributed by atoms with van der Waals surface area (Å²) >= 11 is 0. The molecule has 6 nitrogen and oxygen atoms in total. The van der Waals surface area contributed by atoms with Crippen LogP contribution in [0.3, 0.4) is 0 Å². The van der Waals surface area contributed by atoms with Crippen LogP contribution in [-0.4, -0.2) is 23.4 Å². The predicted octanol–water partition coefficient (Wildman–Crippen LogP) is 2.66. The van der Waals surface area contributed by atoms with Crippen molar-refractivity contribution in [2.24, 2.45) is 5.73 Å². The molecule has 1 heterocycles. The van der Waals surface area contributed by atoms with Gasteiger partial charge in [0, 0.05) is 11.8 Å². The molecule has 1 unspecified atom stereocenters.